The Morgan fingerprint density at radius 1 is 1.29 bits per heavy atom. The Morgan fingerprint density at radius 3 is 2.90 bits per heavy atom. The molecule has 1 amide bonds. The Hall–Kier alpha value is -1.20. The SMILES string of the molecule is Cc1nc(Br)ccc1NC(=O)c1cc2c(s1)CCCCC2. The van der Waals surface area contributed by atoms with Crippen molar-refractivity contribution >= 4 is 38.9 Å². The fourth-order valence-corrected chi connectivity index (χ4v) is 4.17. The smallest absolute Gasteiger partial charge is 0.265 e. The van der Waals surface area contributed by atoms with Crippen LogP contribution in [0.5, 0.6) is 0 Å². The standard InChI is InChI=1S/C16H17BrN2OS/c1-10-12(7-8-15(17)18-10)19-16(20)14-9-11-5-3-2-4-6-13(11)21-14/h7-9H,2-6H2,1H3,(H,19,20). The second-order valence-electron chi connectivity index (χ2n) is 5.34. The number of aryl methyl sites for hydroxylation is 3. The number of anilines is 1. The van der Waals surface area contributed by atoms with Crippen LogP contribution in [0.4, 0.5) is 5.69 Å². The van der Waals surface area contributed by atoms with Crippen LogP contribution >= 0.6 is 27.3 Å². The highest BCUT2D eigenvalue weighted by molar-refractivity contribution is 9.10. The average Bonchev–Trinajstić information content (AvgIpc) is 2.73. The van der Waals surface area contributed by atoms with Gasteiger partial charge >= 0.3 is 0 Å². The lowest BCUT2D eigenvalue weighted by Crippen LogP contribution is -2.11. The molecular weight excluding hydrogens is 348 g/mol. The highest BCUT2D eigenvalue weighted by Crippen LogP contribution is 2.29. The Balaban J connectivity index is 1.79. The van der Waals surface area contributed by atoms with Crippen molar-refractivity contribution in [3.63, 3.8) is 0 Å². The molecule has 2 aromatic rings. The van der Waals surface area contributed by atoms with Crippen LogP contribution in [0.2, 0.25) is 0 Å². The second-order valence-corrected chi connectivity index (χ2v) is 7.29. The van der Waals surface area contributed by atoms with Gasteiger partial charge in [-0.25, -0.2) is 4.98 Å². The molecule has 0 spiro atoms. The number of carbonyl (C=O) groups is 1. The van der Waals surface area contributed by atoms with Crippen LogP contribution in [0.15, 0.2) is 22.8 Å². The number of rotatable bonds is 2. The third-order valence-electron chi connectivity index (χ3n) is 3.77. The monoisotopic (exact) mass is 364 g/mol. The normalized spacial score (nSPS) is 14.4. The maximum absolute atomic E-state index is 12.4. The van der Waals surface area contributed by atoms with Gasteiger partial charge in [-0.2, -0.15) is 0 Å². The van der Waals surface area contributed by atoms with E-state index in [1.165, 1.54) is 29.7 Å². The average molecular weight is 365 g/mol. The van der Waals surface area contributed by atoms with E-state index < -0.39 is 0 Å². The first-order valence-corrected chi connectivity index (χ1v) is 8.80. The van der Waals surface area contributed by atoms with Crippen molar-refractivity contribution < 1.29 is 4.79 Å². The quantitative estimate of drug-likeness (QED) is 0.617. The molecular formula is C16H17BrN2OS. The predicted molar refractivity (Wildman–Crippen MR) is 90.2 cm³/mol. The third-order valence-corrected chi connectivity index (χ3v) is 5.45. The van der Waals surface area contributed by atoms with E-state index in [2.05, 4.69) is 32.3 Å². The highest BCUT2D eigenvalue weighted by atomic mass is 79.9. The number of hydrogen-bond acceptors (Lipinski definition) is 3. The number of halogens is 1. The Labute approximate surface area is 136 Å². The van der Waals surface area contributed by atoms with Crippen LogP contribution in [-0.4, -0.2) is 10.9 Å². The zero-order valence-electron chi connectivity index (χ0n) is 11.9. The van der Waals surface area contributed by atoms with Gasteiger partial charge in [-0.1, -0.05) is 6.42 Å². The van der Waals surface area contributed by atoms with Crippen molar-refractivity contribution in [1.82, 2.24) is 4.98 Å². The minimum atomic E-state index is -0.0275. The number of nitrogens with zero attached hydrogens (tertiary/aromatic N) is 1. The van der Waals surface area contributed by atoms with Crippen molar-refractivity contribution in [2.24, 2.45) is 0 Å². The molecule has 2 aromatic heterocycles. The van der Waals surface area contributed by atoms with Gasteiger partial charge in [-0.15, -0.1) is 11.3 Å². The molecule has 21 heavy (non-hydrogen) atoms. The molecule has 1 aliphatic carbocycles. The fourth-order valence-electron chi connectivity index (χ4n) is 2.63. The summed E-state index contributed by atoms with van der Waals surface area (Å²) < 4.78 is 0.779. The van der Waals surface area contributed by atoms with Crippen LogP contribution in [0.25, 0.3) is 0 Å². The summed E-state index contributed by atoms with van der Waals surface area (Å²) in [5.74, 6) is -0.0275. The summed E-state index contributed by atoms with van der Waals surface area (Å²) >= 11 is 4.97. The van der Waals surface area contributed by atoms with Crippen LogP contribution in [0.3, 0.4) is 0 Å². The predicted octanol–water partition coefficient (Wildman–Crippen LogP) is 4.74. The Morgan fingerprint density at radius 2 is 2.10 bits per heavy atom. The van der Waals surface area contributed by atoms with E-state index >= 15 is 0 Å². The minimum Gasteiger partial charge on any atom is -0.320 e. The molecule has 0 aliphatic heterocycles. The van der Waals surface area contributed by atoms with Gasteiger partial charge in [0, 0.05) is 4.88 Å². The van der Waals surface area contributed by atoms with Crippen molar-refractivity contribution in [1.29, 1.82) is 0 Å². The van der Waals surface area contributed by atoms with Crippen molar-refractivity contribution in [3.05, 3.63) is 43.8 Å². The number of hydrogen-bond donors (Lipinski definition) is 1. The maximum atomic E-state index is 12.4. The first-order chi connectivity index (χ1) is 10.1. The molecule has 0 saturated heterocycles. The summed E-state index contributed by atoms with van der Waals surface area (Å²) in [5.41, 5.74) is 2.95. The molecule has 0 bridgehead atoms. The Bertz CT molecular complexity index is 657. The van der Waals surface area contributed by atoms with E-state index in [-0.39, 0.29) is 5.91 Å². The molecule has 110 valence electrons. The van der Waals surface area contributed by atoms with Gasteiger partial charge in [0.05, 0.1) is 16.3 Å². The fraction of sp³-hybridized carbons (Fsp3) is 0.375. The summed E-state index contributed by atoms with van der Waals surface area (Å²) in [7, 11) is 0. The van der Waals surface area contributed by atoms with Crippen molar-refractivity contribution in [3.8, 4) is 0 Å². The van der Waals surface area contributed by atoms with Crippen molar-refractivity contribution in [2.75, 3.05) is 5.32 Å². The van der Waals surface area contributed by atoms with E-state index in [1.54, 1.807) is 11.3 Å². The number of aromatic nitrogens is 1. The van der Waals surface area contributed by atoms with E-state index in [1.807, 2.05) is 19.1 Å². The van der Waals surface area contributed by atoms with E-state index in [0.717, 1.165) is 33.7 Å². The maximum Gasteiger partial charge on any atom is 0.265 e. The summed E-state index contributed by atoms with van der Waals surface area (Å²) in [6, 6.07) is 5.79. The van der Waals surface area contributed by atoms with Crippen LogP contribution < -0.4 is 5.32 Å². The van der Waals surface area contributed by atoms with Gasteiger partial charge in [-0.3, -0.25) is 4.79 Å². The number of pyridine rings is 1. The molecule has 2 heterocycles. The second kappa shape index (κ2) is 6.28. The highest BCUT2D eigenvalue weighted by Gasteiger charge is 2.17. The molecule has 5 heteroatoms. The molecule has 3 rings (SSSR count). The summed E-state index contributed by atoms with van der Waals surface area (Å²) in [5, 5.41) is 2.97. The molecule has 1 N–H and O–H groups in total. The lowest BCUT2D eigenvalue weighted by Gasteiger charge is -2.06. The third kappa shape index (κ3) is 3.35. The summed E-state index contributed by atoms with van der Waals surface area (Å²) in [6.07, 6.45) is 6.00. The van der Waals surface area contributed by atoms with Gasteiger partial charge in [0.25, 0.3) is 5.91 Å². The summed E-state index contributed by atoms with van der Waals surface area (Å²) in [4.78, 5) is 18.9. The number of nitrogens with one attached hydrogen (secondary N) is 1. The molecule has 0 unspecified atom stereocenters. The lowest BCUT2D eigenvalue weighted by molar-refractivity contribution is 0.103. The largest absolute Gasteiger partial charge is 0.320 e. The number of amides is 1. The van der Waals surface area contributed by atoms with Gasteiger partial charge < -0.3 is 5.32 Å². The zero-order valence-corrected chi connectivity index (χ0v) is 14.3. The van der Waals surface area contributed by atoms with Crippen LogP contribution in [0.1, 0.15) is 45.1 Å². The van der Waals surface area contributed by atoms with Gasteiger partial charge in [0.1, 0.15) is 4.60 Å². The molecule has 0 aromatic carbocycles. The Kier molecular flexibility index (Phi) is 4.40. The van der Waals surface area contributed by atoms with E-state index in [9.17, 15) is 4.79 Å². The molecule has 3 nitrogen and oxygen atoms in total. The number of fused-ring (bicyclic) bond motifs is 1. The number of thiophene rings is 1. The summed E-state index contributed by atoms with van der Waals surface area (Å²) in [6.45, 7) is 1.89. The first-order valence-electron chi connectivity index (χ1n) is 7.19. The van der Waals surface area contributed by atoms with E-state index in [0.29, 0.717) is 0 Å². The van der Waals surface area contributed by atoms with Gasteiger partial charge in [0.2, 0.25) is 0 Å². The van der Waals surface area contributed by atoms with Crippen LogP contribution in [0, 0.1) is 6.92 Å². The molecule has 0 saturated carbocycles. The van der Waals surface area contributed by atoms with E-state index in [4.69, 9.17) is 0 Å². The van der Waals surface area contributed by atoms with Crippen molar-refractivity contribution in [2.45, 2.75) is 39.0 Å². The first kappa shape index (κ1) is 14.7. The molecule has 1 aliphatic rings. The zero-order chi connectivity index (χ0) is 14.8. The van der Waals surface area contributed by atoms with Gasteiger partial charge in [0.15, 0.2) is 0 Å². The topological polar surface area (TPSA) is 42.0 Å². The number of carbonyl (C=O) groups excluding carboxylic acids is 1. The minimum absolute atomic E-state index is 0.0275. The van der Waals surface area contributed by atoms with Gasteiger partial charge in [-0.05, 0) is 72.3 Å². The van der Waals surface area contributed by atoms with Crippen LogP contribution in [-0.2, 0) is 12.8 Å². The molecule has 0 fully saturated rings. The molecule has 0 atom stereocenters. The molecule has 0 radical (unpaired) electrons. The lowest BCUT2D eigenvalue weighted by atomic mass is 10.1.